The summed E-state index contributed by atoms with van der Waals surface area (Å²) in [5.41, 5.74) is 0. The highest BCUT2D eigenvalue weighted by Gasteiger charge is 2.00. The number of unbranched alkanes of at least 4 members (excludes halogenated alkanes) is 1. The van der Waals surface area contributed by atoms with E-state index in [1.54, 1.807) is 0 Å². The number of carboxylic acid groups (broad SMARTS) is 1. The first-order valence-corrected chi connectivity index (χ1v) is 5.93. The van der Waals surface area contributed by atoms with Crippen LogP contribution in [-0.2, 0) is 4.79 Å². The van der Waals surface area contributed by atoms with E-state index >= 15 is 0 Å². The van der Waals surface area contributed by atoms with Crippen molar-refractivity contribution in [1.82, 2.24) is 4.98 Å². The van der Waals surface area contributed by atoms with Crippen LogP contribution in [0, 0.1) is 0 Å². The van der Waals surface area contributed by atoms with Crippen LogP contribution >= 0.6 is 0 Å². The molecule has 1 rings (SSSR count). The molecular weight excluding hydrogens is 216 g/mol. The van der Waals surface area contributed by atoms with E-state index in [-0.39, 0.29) is 0 Å². The molecule has 0 radical (unpaired) electrons. The van der Waals surface area contributed by atoms with Gasteiger partial charge in [0.05, 0.1) is 0 Å². The van der Waals surface area contributed by atoms with E-state index in [2.05, 4.69) is 24.1 Å². The molecule has 1 aromatic rings. The Balaban J connectivity index is 0.000000557. The Labute approximate surface area is 103 Å². The molecule has 0 aliphatic rings. The molecule has 1 aromatic heterocycles. The molecule has 1 atom stereocenters. The third kappa shape index (κ3) is 10.7. The van der Waals surface area contributed by atoms with E-state index < -0.39 is 5.97 Å². The van der Waals surface area contributed by atoms with Crippen LogP contribution in [-0.4, -0.2) is 22.1 Å². The third-order valence-electron chi connectivity index (χ3n) is 2.05. The molecule has 0 bridgehead atoms. The van der Waals surface area contributed by atoms with E-state index in [1.165, 1.54) is 19.3 Å². The average Bonchev–Trinajstić information content (AvgIpc) is 2.27. The Morgan fingerprint density at radius 1 is 1.53 bits per heavy atom. The second-order valence-corrected chi connectivity index (χ2v) is 3.92. The van der Waals surface area contributed by atoms with Gasteiger partial charge in [0, 0.05) is 19.2 Å². The summed E-state index contributed by atoms with van der Waals surface area (Å²) in [6.45, 7) is 5.50. The van der Waals surface area contributed by atoms with Gasteiger partial charge in [-0.1, -0.05) is 25.8 Å². The molecule has 96 valence electrons. The molecule has 0 aliphatic heterocycles. The Bertz CT molecular complexity index is 298. The number of carbonyl (C=O) groups is 1. The number of aliphatic carboxylic acids is 1. The molecular formula is C13H22N2O2. The Morgan fingerprint density at radius 3 is 2.65 bits per heavy atom. The van der Waals surface area contributed by atoms with E-state index in [1.807, 2.05) is 24.4 Å². The zero-order chi connectivity index (χ0) is 13.1. The largest absolute Gasteiger partial charge is 0.481 e. The van der Waals surface area contributed by atoms with E-state index in [0.29, 0.717) is 6.04 Å². The van der Waals surface area contributed by atoms with Crippen LogP contribution < -0.4 is 5.32 Å². The van der Waals surface area contributed by atoms with Gasteiger partial charge in [-0.3, -0.25) is 4.79 Å². The molecule has 17 heavy (non-hydrogen) atoms. The van der Waals surface area contributed by atoms with Gasteiger partial charge in [0.25, 0.3) is 5.97 Å². The topological polar surface area (TPSA) is 62.2 Å². The predicted octanol–water partition coefficient (Wildman–Crippen LogP) is 3.16. The van der Waals surface area contributed by atoms with Crippen molar-refractivity contribution in [3.63, 3.8) is 0 Å². The summed E-state index contributed by atoms with van der Waals surface area (Å²) in [7, 11) is 0. The standard InChI is InChI=1S/C11H18N2.C2H4O2/c1-3-4-7-10(2)13-11-8-5-6-9-12-11;1-2(3)4/h5-6,8-10H,3-4,7H2,1-2H3,(H,12,13);1H3,(H,3,4). The molecule has 2 N–H and O–H groups in total. The number of nitrogens with zero attached hydrogens (tertiary/aromatic N) is 1. The fourth-order valence-corrected chi connectivity index (χ4v) is 1.28. The lowest BCUT2D eigenvalue weighted by atomic mass is 10.1. The van der Waals surface area contributed by atoms with Crippen molar-refractivity contribution >= 4 is 11.8 Å². The summed E-state index contributed by atoms with van der Waals surface area (Å²) in [6.07, 6.45) is 5.57. The molecule has 0 saturated carbocycles. The first kappa shape index (κ1) is 15.4. The molecule has 4 nitrogen and oxygen atoms in total. The summed E-state index contributed by atoms with van der Waals surface area (Å²) in [4.78, 5) is 13.2. The van der Waals surface area contributed by atoms with E-state index in [4.69, 9.17) is 9.90 Å². The number of anilines is 1. The van der Waals surface area contributed by atoms with Crippen molar-refractivity contribution in [2.45, 2.75) is 46.1 Å². The molecule has 0 fully saturated rings. The quantitative estimate of drug-likeness (QED) is 0.827. The van der Waals surface area contributed by atoms with E-state index in [9.17, 15) is 0 Å². The van der Waals surface area contributed by atoms with Crippen molar-refractivity contribution in [1.29, 1.82) is 0 Å². The summed E-state index contributed by atoms with van der Waals surface area (Å²) < 4.78 is 0. The van der Waals surface area contributed by atoms with Gasteiger partial charge in [0.1, 0.15) is 5.82 Å². The van der Waals surface area contributed by atoms with Gasteiger partial charge in [-0.25, -0.2) is 4.98 Å². The minimum absolute atomic E-state index is 0.523. The van der Waals surface area contributed by atoms with Crippen molar-refractivity contribution in [3.8, 4) is 0 Å². The van der Waals surface area contributed by atoms with Crippen molar-refractivity contribution in [2.24, 2.45) is 0 Å². The lowest BCUT2D eigenvalue weighted by Crippen LogP contribution is -2.15. The van der Waals surface area contributed by atoms with Crippen LogP contribution in [0.4, 0.5) is 5.82 Å². The second-order valence-electron chi connectivity index (χ2n) is 3.92. The summed E-state index contributed by atoms with van der Waals surface area (Å²) in [5.74, 6) is 0.145. The summed E-state index contributed by atoms with van der Waals surface area (Å²) in [6, 6.07) is 6.46. The molecule has 1 unspecified atom stereocenters. The second kappa shape index (κ2) is 9.63. The SMILES string of the molecule is CC(=O)O.CCCCC(C)Nc1ccccn1. The smallest absolute Gasteiger partial charge is 0.300 e. The zero-order valence-electron chi connectivity index (χ0n) is 10.8. The number of rotatable bonds is 5. The molecule has 0 aliphatic carbocycles. The highest BCUT2D eigenvalue weighted by Crippen LogP contribution is 2.07. The lowest BCUT2D eigenvalue weighted by Gasteiger charge is -2.13. The van der Waals surface area contributed by atoms with Crippen LogP contribution in [0.5, 0.6) is 0 Å². The minimum Gasteiger partial charge on any atom is -0.481 e. The van der Waals surface area contributed by atoms with Gasteiger partial charge in [-0.2, -0.15) is 0 Å². The van der Waals surface area contributed by atoms with Crippen LogP contribution in [0.15, 0.2) is 24.4 Å². The molecule has 0 spiro atoms. The Morgan fingerprint density at radius 2 is 2.18 bits per heavy atom. The third-order valence-corrected chi connectivity index (χ3v) is 2.05. The normalized spacial score (nSPS) is 11.0. The monoisotopic (exact) mass is 238 g/mol. The van der Waals surface area contributed by atoms with Crippen LogP contribution in [0.3, 0.4) is 0 Å². The summed E-state index contributed by atoms with van der Waals surface area (Å²) in [5, 5.41) is 10.8. The minimum atomic E-state index is -0.833. The van der Waals surface area contributed by atoms with Crippen molar-refractivity contribution in [2.75, 3.05) is 5.32 Å². The van der Waals surface area contributed by atoms with Gasteiger partial charge >= 0.3 is 0 Å². The lowest BCUT2D eigenvalue weighted by molar-refractivity contribution is -0.134. The van der Waals surface area contributed by atoms with Gasteiger partial charge < -0.3 is 10.4 Å². The maximum Gasteiger partial charge on any atom is 0.300 e. The van der Waals surface area contributed by atoms with Gasteiger partial charge in [0.15, 0.2) is 0 Å². The first-order chi connectivity index (χ1) is 8.06. The number of nitrogens with one attached hydrogen (secondary N) is 1. The van der Waals surface area contributed by atoms with Crippen molar-refractivity contribution in [3.05, 3.63) is 24.4 Å². The maximum atomic E-state index is 9.00. The molecule has 4 heteroatoms. The molecule has 0 saturated heterocycles. The van der Waals surface area contributed by atoms with Gasteiger partial charge in [-0.05, 0) is 25.5 Å². The zero-order valence-corrected chi connectivity index (χ0v) is 10.8. The number of pyridine rings is 1. The summed E-state index contributed by atoms with van der Waals surface area (Å²) >= 11 is 0. The maximum absolute atomic E-state index is 9.00. The first-order valence-electron chi connectivity index (χ1n) is 5.93. The Hall–Kier alpha value is -1.58. The highest BCUT2D eigenvalue weighted by molar-refractivity contribution is 5.62. The van der Waals surface area contributed by atoms with E-state index in [0.717, 1.165) is 12.7 Å². The highest BCUT2D eigenvalue weighted by atomic mass is 16.4. The predicted molar refractivity (Wildman–Crippen MR) is 70.2 cm³/mol. The average molecular weight is 238 g/mol. The van der Waals surface area contributed by atoms with Crippen LogP contribution in [0.2, 0.25) is 0 Å². The molecule has 0 amide bonds. The number of hydrogen-bond donors (Lipinski definition) is 2. The van der Waals surface area contributed by atoms with Crippen LogP contribution in [0.1, 0.15) is 40.0 Å². The molecule has 1 heterocycles. The van der Waals surface area contributed by atoms with Crippen LogP contribution in [0.25, 0.3) is 0 Å². The fourth-order valence-electron chi connectivity index (χ4n) is 1.28. The van der Waals surface area contributed by atoms with Crippen molar-refractivity contribution < 1.29 is 9.90 Å². The number of aromatic nitrogens is 1. The number of carboxylic acids is 1. The fraction of sp³-hybridized carbons (Fsp3) is 0.538. The molecule has 0 aromatic carbocycles. The number of hydrogen-bond acceptors (Lipinski definition) is 3. The van der Waals surface area contributed by atoms with Gasteiger partial charge in [0.2, 0.25) is 0 Å². The van der Waals surface area contributed by atoms with Gasteiger partial charge in [-0.15, -0.1) is 0 Å². The Kier molecular flexibility index (Phi) is 8.74.